The molecule has 0 aliphatic heterocycles. The maximum atomic E-state index is 11.8. The van der Waals surface area contributed by atoms with Crippen molar-refractivity contribution in [2.24, 2.45) is 0 Å². The van der Waals surface area contributed by atoms with Crippen LogP contribution >= 0.6 is 11.6 Å². The minimum atomic E-state index is -0.533. The molecular formula is C12H14ClN5O. The van der Waals surface area contributed by atoms with Crippen LogP contribution in [0.25, 0.3) is 0 Å². The fourth-order valence-electron chi connectivity index (χ4n) is 1.63. The van der Waals surface area contributed by atoms with Crippen molar-refractivity contribution in [1.82, 2.24) is 20.5 Å². The van der Waals surface area contributed by atoms with Crippen LogP contribution < -0.4 is 10.6 Å². The SMILES string of the molecule is CC(C)(NC(=O)Nc1ncn[nH]1)c1ccc(Cl)cc1. The van der Waals surface area contributed by atoms with Gasteiger partial charge in [0.1, 0.15) is 6.33 Å². The summed E-state index contributed by atoms with van der Waals surface area (Å²) in [5.41, 5.74) is 0.416. The van der Waals surface area contributed by atoms with E-state index in [-0.39, 0.29) is 6.03 Å². The molecule has 1 aromatic heterocycles. The number of nitrogens with zero attached hydrogens (tertiary/aromatic N) is 2. The maximum Gasteiger partial charge on any atom is 0.322 e. The molecule has 3 N–H and O–H groups in total. The highest BCUT2D eigenvalue weighted by Gasteiger charge is 2.23. The largest absolute Gasteiger partial charge is 0.329 e. The number of benzene rings is 1. The number of hydrogen-bond donors (Lipinski definition) is 3. The van der Waals surface area contributed by atoms with Crippen LogP contribution in [0.4, 0.5) is 10.7 Å². The summed E-state index contributed by atoms with van der Waals surface area (Å²) in [6.07, 6.45) is 1.32. The summed E-state index contributed by atoms with van der Waals surface area (Å²) >= 11 is 5.84. The Balaban J connectivity index is 2.04. The van der Waals surface area contributed by atoms with Crippen molar-refractivity contribution in [3.05, 3.63) is 41.2 Å². The van der Waals surface area contributed by atoms with E-state index >= 15 is 0 Å². The van der Waals surface area contributed by atoms with E-state index in [4.69, 9.17) is 11.6 Å². The van der Waals surface area contributed by atoms with Gasteiger partial charge in [0.2, 0.25) is 5.95 Å². The van der Waals surface area contributed by atoms with Crippen LogP contribution in [0.2, 0.25) is 5.02 Å². The fourth-order valence-corrected chi connectivity index (χ4v) is 1.75. The average Bonchev–Trinajstić information content (AvgIpc) is 2.81. The topological polar surface area (TPSA) is 82.7 Å². The molecule has 0 aliphatic carbocycles. The summed E-state index contributed by atoms with van der Waals surface area (Å²) < 4.78 is 0. The zero-order chi connectivity index (χ0) is 13.9. The van der Waals surface area contributed by atoms with Gasteiger partial charge in [0.15, 0.2) is 0 Å². The lowest BCUT2D eigenvalue weighted by Gasteiger charge is -2.26. The highest BCUT2D eigenvalue weighted by atomic mass is 35.5. The molecule has 7 heteroatoms. The summed E-state index contributed by atoms with van der Waals surface area (Å²) in [5.74, 6) is 0.296. The number of nitrogens with one attached hydrogen (secondary N) is 3. The molecule has 6 nitrogen and oxygen atoms in total. The third-order valence-electron chi connectivity index (χ3n) is 2.64. The highest BCUT2D eigenvalue weighted by Crippen LogP contribution is 2.21. The van der Waals surface area contributed by atoms with Gasteiger partial charge in [0, 0.05) is 5.02 Å². The smallest absolute Gasteiger partial charge is 0.322 e. The van der Waals surface area contributed by atoms with Gasteiger partial charge in [-0.1, -0.05) is 23.7 Å². The van der Waals surface area contributed by atoms with Gasteiger partial charge in [-0.25, -0.2) is 9.89 Å². The molecule has 0 saturated carbocycles. The molecule has 0 fully saturated rings. The lowest BCUT2D eigenvalue weighted by Crippen LogP contribution is -2.43. The molecule has 0 saturated heterocycles. The zero-order valence-electron chi connectivity index (χ0n) is 10.6. The lowest BCUT2D eigenvalue weighted by atomic mass is 9.94. The summed E-state index contributed by atoms with van der Waals surface area (Å²) in [6, 6.07) is 6.95. The Bertz CT molecular complexity index is 550. The second-order valence-electron chi connectivity index (χ2n) is 4.55. The van der Waals surface area contributed by atoms with Gasteiger partial charge in [0.25, 0.3) is 0 Å². The number of anilines is 1. The van der Waals surface area contributed by atoms with Gasteiger partial charge in [-0.15, -0.1) is 0 Å². The van der Waals surface area contributed by atoms with E-state index in [9.17, 15) is 4.79 Å². The van der Waals surface area contributed by atoms with Gasteiger partial charge < -0.3 is 5.32 Å². The van der Waals surface area contributed by atoms with Crippen molar-refractivity contribution in [3.63, 3.8) is 0 Å². The standard InChI is InChI=1S/C12H14ClN5O/c1-12(2,8-3-5-9(13)6-4-8)17-11(19)16-10-14-7-15-18-10/h3-7H,1-2H3,(H3,14,15,16,17,18,19). The van der Waals surface area contributed by atoms with E-state index in [1.807, 2.05) is 26.0 Å². The number of aromatic nitrogens is 3. The van der Waals surface area contributed by atoms with Crippen molar-refractivity contribution in [1.29, 1.82) is 0 Å². The molecule has 100 valence electrons. The number of halogens is 1. The Morgan fingerprint density at radius 2 is 2.00 bits per heavy atom. The summed E-state index contributed by atoms with van der Waals surface area (Å²) in [6.45, 7) is 3.80. The molecule has 0 radical (unpaired) electrons. The minimum Gasteiger partial charge on any atom is -0.329 e. The van der Waals surface area contributed by atoms with Gasteiger partial charge in [0.05, 0.1) is 5.54 Å². The first kappa shape index (κ1) is 13.4. The Kier molecular flexibility index (Phi) is 3.71. The number of aromatic amines is 1. The molecular weight excluding hydrogens is 266 g/mol. The molecule has 0 bridgehead atoms. The second-order valence-corrected chi connectivity index (χ2v) is 4.98. The summed E-state index contributed by atoms with van der Waals surface area (Å²) in [5, 5.41) is 12.3. The van der Waals surface area contributed by atoms with Crippen molar-refractivity contribution < 1.29 is 4.79 Å². The van der Waals surface area contributed by atoms with E-state index in [1.165, 1.54) is 6.33 Å². The average molecular weight is 280 g/mol. The number of carbonyl (C=O) groups excluding carboxylic acids is 1. The fraction of sp³-hybridized carbons (Fsp3) is 0.250. The Hall–Kier alpha value is -2.08. The van der Waals surface area contributed by atoms with Crippen LogP contribution in [0.1, 0.15) is 19.4 Å². The van der Waals surface area contributed by atoms with Crippen LogP contribution in [0.15, 0.2) is 30.6 Å². The third-order valence-corrected chi connectivity index (χ3v) is 2.89. The van der Waals surface area contributed by atoms with Crippen LogP contribution in [0.5, 0.6) is 0 Å². The molecule has 2 amide bonds. The monoisotopic (exact) mass is 279 g/mol. The molecule has 19 heavy (non-hydrogen) atoms. The van der Waals surface area contributed by atoms with E-state index < -0.39 is 5.54 Å². The molecule has 0 aliphatic rings. The van der Waals surface area contributed by atoms with Crippen LogP contribution in [-0.2, 0) is 5.54 Å². The van der Waals surface area contributed by atoms with Crippen molar-refractivity contribution in [3.8, 4) is 0 Å². The van der Waals surface area contributed by atoms with Crippen LogP contribution in [0, 0.1) is 0 Å². The van der Waals surface area contributed by atoms with Gasteiger partial charge in [-0.2, -0.15) is 10.1 Å². The number of urea groups is 1. The third kappa shape index (κ3) is 3.45. The Labute approximate surface area is 115 Å². The normalized spacial score (nSPS) is 11.1. The summed E-state index contributed by atoms with van der Waals surface area (Å²) in [7, 11) is 0. The van der Waals surface area contributed by atoms with Gasteiger partial charge >= 0.3 is 6.03 Å². The minimum absolute atomic E-state index is 0.296. The van der Waals surface area contributed by atoms with Crippen LogP contribution in [0.3, 0.4) is 0 Å². The first-order valence-electron chi connectivity index (χ1n) is 5.68. The number of H-pyrrole nitrogens is 1. The quantitative estimate of drug-likeness (QED) is 0.807. The van der Waals surface area contributed by atoms with Gasteiger partial charge in [-0.3, -0.25) is 5.32 Å². The predicted molar refractivity (Wildman–Crippen MR) is 73.0 cm³/mol. The number of hydrogen-bond acceptors (Lipinski definition) is 3. The number of carbonyl (C=O) groups is 1. The predicted octanol–water partition coefficient (Wildman–Crippen LogP) is 2.51. The second kappa shape index (κ2) is 5.27. The summed E-state index contributed by atoms with van der Waals surface area (Å²) in [4.78, 5) is 15.6. The van der Waals surface area contributed by atoms with Gasteiger partial charge in [-0.05, 0) is 31.5 Å². The van der Waals surface area contributed by atoms with Crippen molar-refractivity contribution >= 4 is 23.6 Å². The molecule has 2 rings (SSSR count). The Morgan fingerprint density at radius 1 is 1.32 bits per heavy atom. The molecule has 0 spiro atoms. The van der Waals surface area contributed by atoms with Crippen molar-refractivity contribution in [2.45, 2.75) is 19.4 Å². The zero-order valence-corrected chi connectivity index (χ0v) is 11.3. The van der Waals surface area contributed by atoms with E-state index in [0.717, 1.165) is 5.56 Å². The first-order chi connectivity index (χ1) is 8.97. The molecule has 0 atom stereocenters. The van der Waals surface area contributed by atoms with Crippen LogP contribution in [-0.4, -0.2) is 21.2 Å². The van der Waals surface area contributed by atoms with E-state index in [1.54, 1.807) is 12.1 Å². The lowest BCUT2D eigenvalue weighted by molar-refractivity contribution is 0.241. The van der Waals surface area contributed by atoms with E-state index in [0.29, 0.717) is 11.0 Å². The molecule has 1 heterocycles. The van der Waals surface area contributed by atoms with E-state index in [2.05, 4.69) is 25.8 Å². The highest BCUT2D eigenvalue weighted by molar-refractivity contribution is 6.30. The molecule has 0 unspecified atom stereocenters. The van der Waals surface area contributed by atoms with Crippen molar-refractivity contribution in [2.75, 3.05) is 5.32 Å². The number of rotatable bonds is 3. The molecule has 1 aromatic carbocycles. The number of amides is 2. The first-order valence-corrected chi connectivity index (χ1v) is 6.06. The maximum absolute atomic E-state index is 11.8. The molecule has 2 aromatic rings. The Morgan fingerprint density at radius 3 is 2.58 bits per heavy atom.